The average Bonchev–Trinajstić information content (AvgIpc) is 2.75. The summed E-state index contributed by atoms with van der Waals surface area (Å²) in [4.78, 5) is 12.5. The maximum atomic E-state index is 12.5. The zero-order valence-electron chi connectivity index (χ0n) is 17.3. The lowest BCUT2D eigenvalue weighted by molar-refractivity contribution is -0.112. The lowest BCUT2D eigenvalue weighted by Gasteiger charge is -2.10. The van der Waals surface area contributed by atoms with Crippen molar-refractivity contribution < 1.29 is 17.4 Å². The maximum absolute atomic E-state index is 12.5. The molecule has 0 unspecified atom stereocenters. The van der Waals surface area contributed by atoms with Gasteiger partial charge in [-0.1, -0.05) is 53.6 Å². The molecular formula is C24H19ClN2O4S. The lowest BCUT2D eigenvalue weighted by atomic mass is 10.1. The molecule has 0 fully saturated rings. The summed E-state index contributed by atoms with van der Waals surface area (Å²) in [5, 5.41) is 12.1. The molecule has 0 heterocycles. The van der Waals surface area contributed by atoms with Crippen LogP contribution in [-0.2, 0) is 14.9 Å². The number of rotatable bonds is 6. The van der Waals surface area contributed by atoms with E-state index in [9.17, 15) is 18.5 Å². The first-order valence-corrected chi connectivity index (χ1v) is 11.3. The molecule has 0 aliphatic rings. The summed E-state index contributed by atoms with van der Waals surface area (Å²) in [6, 6.07) is 19.6. The van der Waals surface area contributed by atoms with Gasteiger partial charge in [-0.05, 0) is 61.4 Å². The van der Waals surface area contributed by atoms with Crippen molar-refractivity contribution in [3.8, 4) is 11.8 Å². The Morgan fingerprint density at radius 1 is 1.06 bits per heavy atom. The Bertz CT molecular complexity index is 1340. The third-order valence-corrected chi connectivity index (χ3v) is 6.08. The van der Waals surface area contributed by atoms with Crippen LogP contribution in [0.5, 0.6) is 5.75 Å². The van der Waals surface area contributed by atoms with E-state index in [4.69, 9.17) is 15.8 Å². The van der Waals surface area contributed by atoms with Gasteiger partial charge in [-0.15, -0.1) is 0 Å². The molecule has 0 bridgehead atoms. The molecule has 0 saturated heterocycles. The summed E-state index contributed by atoms with van der Waals surface area (Å²) in [6.07, 6.45) is 1.36. The van der Waals surface area contributed by atoms with Gasteiger partial charge in [-0.25, -0.2) is 0 Å². The summed E-state index contributed by atoms with van der Waals surface area (Å²) < 4.78 is 30.1. The predicted molar refractivity (Wildman–Crippen MR) is 124 cm³/mol. The van der Waals surface area contributed by atoms with Gasteiger partial charge < -0.3 is 9.50 Å². The molecule has 0 aliphatic heterocycles. The molecular weight excluding hydrogens is 448 g/mol. The number of amides is 1. The van der Waals surface area contributed by atoms with Crippen LogP contribution in [0.4, 0.5) is 5.69 Å². The minimum absolute atomic E-state index is 0.00258. The Labute approximate surface area is 191 Å². The monoisotopic (exact) mass is 466 g/mol. The van der Waals surface area contributed by atoms with Crippen LogP contribution in [0.2, 0.25) is 5.02 Å². The minimum atomic E-state index is -4.06. The third-order valence-electron chi connectivity index (χ3n) is 4.53. The number of hydrogen-bond donors (Lipinski definition) is 1. The number of aryl methyl sites for hydroxylation is 2. The standard InChI is InChI=1S/C24H19ClN2O4S/c1-16-7-10-20(11-8-16)32(29,30)31-23-12-9-18(14-21(23)25)13-19(15-26)24(28)27-22-6-4-3-5-17(22)2/h3-14H,1-2H3,(H,27,28)/b19-13+. The number of halogens is 1. The summed E-state index contributed by atoms with van der Waals surface area (Å²) in [6.45, 7) is 3.69. The molecule has 32 heavy (non-hydrogen) atoms. The molecule has 1 N–H and O–H groups in total. The molecule has 0 aromatic heterocycles. The molecule has 6 nitrogen and oxygen atoms in total. The highest BCUT2D eigenvalue weighted by Crippen LogP contribution is 2.29. The number of anilines is 1. The van der Waals surface area contributed by atoms with Gasteiger partial charge in [-0.2, -0.15) is 13.7 Å². The molecule has 0 spiro atoms. The van der Waals surface area contributed by atoms with Crippen molar-refractivity contribution in [1.82, 2.24) is 0 Å². The van der Waals surface area contributed by atoms with Crippen LogP contribution in [-0.4, -0.2) is 14.3 Å². The van der Waals surface area contributed by atoms with E-state index < -0.39 is 16.0 Å². The summed E-state index contributed by atoms with van der Waals surface area (Å²) in [5.41, 5.74) is 2.67. The Morgan fingerprint density at radius 2 is 1.75 bits per heavy atom. The zero-order chi connectivity index (χ0) is 23.3. The highest BCUT2D eigenvalue weighted by molar-refractivity contribution is 7.87. The van der Waals surface area contributed by atoms with Crippen LogP contribution < -0.4 is 9.50 Å². The lowest BCUT2D eigenvalue weighted by Crippen LogP contribution is -2.14. The largest absolute Gasteiger partial charge is 0.377 e. The number of nitrogens with zero attached hydrogens (tertiary/aromatic N) is 1. The average molecular weight is 467 g/mol. The van der Waals surface area contributed by atoms with E-state index in [-0.39, 0.29) is 21.2 Å². The van der Waals surface area contributed by atoms with E-state index in [0.717, 1.165) is 11.1 Å². The molecule has 0 radical (unpaired) electrons. The number of carbonyl (C=O) groups excluding carboxylic acids is 1. The van der Waals surface area contributed by atoms with Crippen LogP contribution in [0.15, 0.2) is 77.2 Å². The molecule has 3 aromatic rings. The first kappa shape index (κ1) is 23.1. The molecule has 8 heteroatoms. The van der Waals surface area contributed by atoms with Crippen molar-refractivity contribution in [1.29, 1.82) is 5.26 Å². The van der Waals surface area contributed by atoms with Gasteiger partial charge >= 0.3 is 10.1 Å². The van der Waals surface area contributed by atoms with Crippen molar-refractivity contribution in [3.05, 3.63) is 94.0 Å². The van der Waals surface area contributed by atoms with Crippen molar-refractivity contribution in [2.75, 3.05) is 5.32 Å². The van der Waals surface area contributed by atoms with Gasteiger partial charge in [-0.3, -0.25) is 4.79 Å². The highest BCUT2D eigenvalue weighted by atomic mass is 35.5. The molecule has 0 saturated carbocycles. The number of hydrogen-bond acceptors (Lipinski definition) is 5. The van der Waals surface area contributed by atoms with E-state index >= 15 is 0 Å². The van der Waals surface area contributed by atoms with Crippen LogP contribution in [0.1, 0.15) is 16.7 Å². The normalized spacial score (nSPS) is 11.5. The number of benzene rings is 3. The highest BCUT2D eigenvalue weighted by Gasteiger charge is 2.18. The fourth-order valence-corrected chi connectivity index (χ4v) is 3.98. The van der Waals surface area contributed by atoms with E-state index in [0.29, 0.717) is 11.3 Å². The van der Waals surface area contributed by atoms with Gasteiger partial charge in [0.25, 0.3) is 5.91 Å². The van der Waals surface area contributed by atoms with E-state index in [1.807, 2.05) is 32.0 Å². The molecule has 0 atom stereocenters. The van der Waals surface area contributed by atoms with Crippen molar-refractivity contribution >= 4 is 39.4 Å². The molecule has 3 rings (SSSR count). The van der Waals surface area contributed by atoms with Crippen LogP contribution in [0, 0.1) is 25.2 Å². The molecule has 0 aliphatic carbocycles. The quantitative estimate of drug-likeness (QED) is 0.303. The fraction of sp³-hybridized carbons (Fsp3) is 0.0833. The van der Waals surface area contributed by atoms with E-state index in [1.165, 1.54) is 36.4 Å². The SMILES string of the molecule is Cc1ccc(S(=O)(=O)Oc2ccc(/C=C(\C#N)C(=O)Nc3ccccc3C)cc2Cl)cc1. The Hall–Kier alpha value is -3.60. The van der Waals surface area contributed by atoms with Gasteiger partial charge in [0.15, 0.2) is 5.75 Å². The third kappa shape index (κ3) is 5.55. The van der Waals surface area contributed by atoms with Gasteiger partial charge in [0, 0.05) is 5.69 Å². The molecule has 162 valence electrons. The second-order valence-corrected chi connectivity index (χ2v) is 8.93. The first-order valence-electron chi connectivity index (χ1n) is 9.49. The van der Waals surface area contributed by atoms with Gasteiger partial charge in [0.2, 0.25) is 0 Å². The number of carbonyl (C=O) groups is 1. The van der Waals surface area contributed by atoms with Crippen molar-refractivity contribution in [3.63, 3.8) is 0 Å². The van der Waals surface area contributed by atoms with Gasteiger partial charge in [0.1, 0.15) is 16.5 Å². The predicted octanol–water partition coefficient (Wildman–Crippen LogP) is 5.27. The van der Waals surface area contributed by atoms with Crippen LogP contribution in [0.25, 0.3) is 6.08 Å². The second-order valence-electron chi connectivity index (χ2n) is 6.98. The Balaban J connectivity index is 1.81. The topological polar surface area (TPSA) is 96.3 Å². The Morgan fingerprint density at radius 3 is 2.38 bits per heavy atom. The number of para-hydroxylation sites is 1. The van der Waals surface area contributed by atoms with Gasteiger partial charge in [0.05, 0.1) is 5.02 Å². The van der Waals surface area contributed by atoms with Crippen molar-refractivity contribution in [2.24, 2.45) is 0 Å². The fourth-order valence-electron chi connectivity index (χ4n) is 2.76. The van der Waals surface area contributed by atoms with Crippen molar-refractivity contribution in [2.45, 2.75) is 18.7 Å². The Kier molecular flexibility index (Phi) is 6.98. The van der Waals surface area contributed by atoms with E-state index in [1.54, 1.807) is 24.3 Å². The van der Waals surface area contributed by atoms with Crippen LogP contribution in [0.3, 0.4) is 0 Å². The minimum Gasteiger partial charge on any atom is -0.377 e. The smallest absolute Gasteiger partial charge is 0.339 e. The summed E-state index contributed by atoms with van der Waals surface area (Å²) in [5.74, 6) is -0.632. The van der Waals surface area contributed by atoms with Crippen LogP contribution >= 0.6 is 11.6 Å². The number of nitriles is 1. The molecule has 3 aromatic carbocycles. The first-order chi connectivity index (χ1) is 15.2. The summed E-state index contributed by atoms with van der Waals surface area (Å²) in [7, 11) is -4.06. The second kappa shape index (κ2) is 9.69. The molecule has 1 amide bonds. The maximum Gasteiger partial charge on any atom is 0.339 e. The zero-order valence-corrected chi connectivity index (χ0v) is 18.9. The van der Waals surface area contributed by atoms with E-state index in [2.05, 4.69) is 5.32 Å². The summed E-state index contributed by atoms with van der Waals surface area (Å²) >= 11 is 6.20. The number of nitrogens with one attached hydrogen (secondary N) is 1.